The van der Waals surface area contributed by atoms with Crippen molar-refractivity contribution in [3.05, 3.63) is 60.3 Å². The fraction of sp³-hybridized carbons (Fsp3) is 0.333. The van der Waals surface area contributed by atoms with E-state index in [9.17, 15) is 13.2 Å². The van der Waals surface area contributed by atoms with Gasteiger partial charge in [0.25, 0.3) is 10.0 Å². The SMILES string of the molecule is CC(C)(C)SC(=O)C[C@@H](NS(=O)(=O)c1ccccn1)c1ccccc1. The lowest BCUT2D eigenvalue weighted by atomic mass is 10.1. The van der Waals surface area contributed by atoms with E-state index < -0.39 is 16.1 Å². The van der Waals surface area contributed by atoms with Crippen LogP contribution in [0, 0.1) is 0 Å². The van der Waals surface area contributed by atoms with E-state index in [0.717, 1.165) is 5.56 Å². The predicted molar refractivity (Wildman–Crippen MR) is 101 cm³/mol. The molecule has 1 heterocycles. The van der Waals surface area contributed by atoms with Gasteiger partial charge >= 0.3 is 0 Å². The minimum atomic E-state index is -3.82. The Hall–Kier alpha value is -1.70. The van der Waals surface area contributed by atoms with Crippen LogP contribution in [0.3, 0.4) is 0 Å². The van der Waals surface area contributed by atoms with E-state index in [2.05, 4.69) is 9.71 Å². The summed E-state index contributed by atoms with van der Waals surface area (Å²) in [6.07, 6.45) is 1.49. The Balaban J connectivity index is 2.25. The summed E-state index contributed by atoms with van der Waals surface area (Å²) in [6, 6.07) is 13.1. The highest BCUT2D eigenvalue weighted by Crippen LogP contribution is 2.29. The number of pyridine rings is 1. The van der Waals surface area contributed by atoms with Gasteiger partial charge in [-0.1, -0.05) is 68.9 Å². The van der Waals surface area contributed by atoms with E-state index in [4.69, 9.17) is 0 Å². The molecule has 0 amide bonds. The zero-order valence-electron chi connectivity index (χ0n) is 14.5. The van der Waals surface area contributed by atoms with Crippen molar-refractivity contribution < 1.29 is 13.2 Å². The number of benzene rings is 1. The number of aromatic nitrogens is 1. The average Bonchev–Trinajstić information content (AvgIpc) is 2.54. The van der Waals surface area contributed by atoms with Crippen molar-refractivity contribution in [3.8, 4) is 0 Å². The Morgan fingerprint density at radius 2 is 1.76 bits per heavy atom. The lowest BCUT2D eigenvalue weighted by Crippen LogP contribution is -2.31. The van der Waals surface area contributed by atoms with E-state index >= 15 is 0 Å². The van der Waals surface area contributed by atoms with Gasteiger partial charge in [0.15, 0.2) is 10.1 Å². The molecule has 0 aliphatic rings. The van der Waals surface area contributed by atoms with Crippen LogP contribution in [0.5, 0.6) is 0 Å². The zero-order chi connectivity index (χ0) is 18.5. The number of thioether (sulfide) groups is 1. The summed E-state index contributed by atoms with van der Waals surface area (Å²) in [5, 5.41) is -0.128. The van der Waals surface area contributed by atoms with Gasteiger partial charge in [-0.25, -0.2) is 18.1 Å². The summed E-state index contributed by atoms with van der Waals surface area (Å²) in [6.45, 7) is 5.85. The molecule has 0 radical (unpaired) electrons. The molecule has 1 N–H and O–H groups in total. The van der Waals surface area contributed by atoms with E-state index in [1.54, 1.807) is 24.3 Å². The van der Waals surface area contributed by atoms with Crippen molar-refractivity contribution in [2.45, 2.75) is 43.0 Å². The molecule has 0 aliphatic carbocycles. The van der Waals surface area contributed by atoms with Crippen LogP contribution in [-0.4, -0.2) is 23.3 Å². The first-order valence-corrected chi connectivity index (χ1v) is 10.2. The second kappa shape index (κ2) is 8.12. The van der Waals surface area contributed by atoms with E-state index in [-0.39, 0.29) is 21.3 Å². The highest BCUT2D eigenvalue weighted by atomic mass is 32.2. The summed E-state index contributed by atoms with van der Waals surface area (Å²) in [5.74, 6) is 0. The number of hydrogen-bond acceptors (Lipinski definition) is 5. The van der Waals surface area contributed by atoms with Crippen LogP contribution in [-0.2, 0) is 14.8 Å². The molecule has 5 nitrogen and oxygen atoms in total. The van der Waals surface area contributed by atoms with E-state index in [0.29, 0.717) is 0 Å². The van der Waals surface area contributed by atoms with Crippen molar-refractivity contribution in [1.29, 1.82) is 0 Å². The number of hydrogen-bond donors (Lipinski definition) is 1. The topological polar surface area (TPSA) is 76.1 Å². The summed E-state index contributed by atoms with van der Waals surface area (Å²) in [7, 11) is -3.82. The summed E-state index contributed by atoms with van der Waals surface area (Å²) in [5.41, 5.74) is 0.741. The monoisotopic (exact) mass is 378 g/mol. The molecule has 0 spiro atoms. The molecular formula is C18H22N2O3S2. The Bertz CT molecular complexity index is 801. The van der Waals surface area contributed by atoms with Gasteiger partial charge in [0.2, 0.25) is 0 Å². The van der Waals surface area contributed by atoms with Crippen LogP contribution < -0.4 is 4.72 Å². The molecule has 1 atom stereocenters. The van der Waals surface area contributed by atoms with Crippen molar-refractivity contribution in [3.63, 3.8) is 0 Å². The normalized spacial score (nSPS) is 13.4. The molecule has 7 heteroatoms. The molecule has 1 aromatic heterocycles. The minimum Gasteiger partial charge on any atom is -0.287 e. The van der Waals surface area contributed by atoms with Gasteiger partial charge in [-0.3, -0.25) is 4.79 Å². The third-order valence-electron chi connectivity index (χ3n) is 3.20. The van der Waals surface area contributed by atoms with Crippen molar-refractivity contribution >= 4 is 26.9 Å². The minimum absolute atomic E-state index is 0.0631. The fourth-order valence-electron chi connectivity index (χ4n) is 2.22. The number of nitrogens with zero attached hydrogens (tertiary/aromatic N) is 1. The van der Waals surface area contributed by atoms with Crippen molar-refractivity contribution in [2.75, 3.05) is 0 Å². The number of rotatable bonds is 6. The fourth-order valence-corrected chi connectivity index (χ4v) is 4.32. The Morgan fingerprint density at radius 3 is 2.32 bits per heavy atom. The summed E-state index contributed by atoms with van der Waals surface area (Å²) in [4.78, 5) is 16.3. The Kier molecular flexibility index (Phi) is 6.37. The highest BCUT2D eigenvalue weighted by molar-refractivity contribution is 8.14. The molecule has 0 aliphatic heterocycles. The Morgan fingerprint density at radius 1 is 1.12 bits per heavy atom. The van der Waals surface area contributed by atoms with Crippen molar-refractivity contribution in [2.24, 2.45) is 0 Å². The van der Waals surface area contributed by atoms with E-state index in [1.165, 1.54) is 24.0 Å². The lowest BCUT2D eigenvalue weighted by molar-refractivity contribution is -0.111. The molecule has 2 aromatic rings. The average molecular weight is 379 g/mol. The maximum absolute atomic E-state index is 12.6. The van der Waals surface area contributed by atoms with Crippen LogP contribution >= 0.6 is 11.8 Å². The largest absolute Gasteiger partial charge is 0.287 e. The first-order valence-electron chi connectivity index (χ1n) is 7.87. The molecule has 0 unspecified atom stereocenters. The highest BCUT2D eigenvalue weighted by Gasteiger charge is 2.26. The molecule has 0 fully saturated rings. The van der Waals surface area contributed by atoms with E-state index in [1.807, 2.05) is 39.0 Å². The number of carbonyl (C=O) groups is 1. The summed E-state index contributed by atoms with van der Waals surface area (Å²) < 4.78 is 27.6. The maximum Gasteiger partial charge on any atom is 0.258 e. The molecule has 0 saturated heterocycles. The van der Waals surface area contributed by atoms with Gasteiger partial charge in [0.1, 0.15) is 0 Å². The first kappa shape index (κ1) is 19.6. The molecular weight excluding hydrogens is 356 g/mol. The van der Waals surface area contributed by atoms with Crippen LogP contribution in [0.2, 0.25) is 0 Å². The second-order valence-electron chi connectivity index (χ2n) is 6.54. The smallest absolute Gasteiger partial charge is 0.258 e. The number of nitrogens with one attached hydrogen (secondary N) is 1. The predicted octanol–water partition coefficient (Wildman–Crippen LogP) is 3.55. The standard InChI is InChI=1S/C18H22N2O3S2/c1-18(2,3)24-17(21)13-15(14-9-5-4-6-10-14)20-25(22,23)16-11-7-8-12-19-16/h4-12,15,20H,13H2,1-3H3/t15-/m1/s1. The maximum atomic E-state index is 12.6. The molecule has 25 heavy (non-hydrogen) atoms. The third kappa shape index (κ3) is 6.26. The van der Waals surface area contributed by atoms with Gasteiger partial charge in [-0.2, -0.15) is 0 Å². The van der Waals surface area contributed by atoms with Crippen molar-refractivity contribution in [1.82, 2.24) is 9.71 Å². The van der Waals surface area contributed by atoms with Crippen LogP contribution in [0.1, 0.15) is 38.8 Å². The molecule has 0 saturated carbocycles. The van der Waals surface area contributed by atoms with Gasteiger partial charge in [0, 0.05) is 17.4 Å². The van der Waals surface area contributed by atoms with Gasteiger partial charge in [0.05, 0.1) is 6.04 Å². The third-order valence-corrected chi connectivity index (χ3v) is 5.60. The van der Waals surface area contributed by atoms with Gasteiger partial charge < -0.3 is 0 Å². The Labute approximate surface area is 153 Å². The first-order chi connectivity index (χ1) is 11.7. The zero-order valence-corrected chi connectivity index (χ0v) is 16.1. The van der Waals surface area contributed by atoms with Crippen LogP contribution in [0.15, 0.2) is 59.8 Å². The van der Waals surface area contributed by atoms with Crippen LogP contribution in [0.25, 0.3) is 0 Å². The lowest BCUT2D eigenvalue weighted by Gasteiger charge is -2.21. The molecule has 134 valence electrons. The number of carbonyl (C=O) groups excluding carboxylic acids is 1. The van der Waals surface area contributed by atoms with Gasteiger partial charge in [-0.05, 0) is 17.7 Å². The quantitative estimate of drug-likeness (QED) is 0.832. The van der Waals surface area contributed by atoms with Crippen LogP contribution in [0.4, 0.5) is 0 Å². The molecule has 2 rings (SSSR count). The molecule has 0 bridgehead atoms. The van der Waals surface area contributed by atoms with Gasteiger partial charge in [-0.15, -0.1) is 0 Å². The second-order valence-corrected chi connectivity index (χ2v) is 10.1. The summed E-state index contributed by atoms with van der Waals surface area (Å²) >= 11 is 1.21. The molecule has 1 aromatic carbocycles. The number of sulfonamides is 1.